The number of rotatable bonds is 9. The zero-order valence-corrected chi connectivity index (χ0v) is 11.4. The van der Waals surface area contributed by atoms with Gasteiger partial charge in [-0.25, -0.2) is 9.59 Å². The van der Waals surface area contributed by atoms with E-state index < -0.39 is 18.0 Å². The van der Waals surface area contributed by atoms with Crippen molar-refractivity contribution in [3.05, 3.63) is 0 Å². The number of methoxy groups -OCH3 is 1. The summed E-state index contributed by atoms with van der Waals surface area (Å²) >= 11 is 0. The molecule has 0 unspecified atom stereocenters. The van der Waals surface area contributed by atoms with E-state index in [0.717, 1.165) is 12.8 Å². The lowest BCUT2D eigenvalue weighted by atomic mass is 10.0. The fourth-order valence-corrected chi connectivity index (χ4v) is 1.48. The van der Waals surface area contributed by atoms with Crippen LogP contribution in [-0.2, 0) is 9.53 Å². The molecule has 0 saturated carbocycles. The van der Waals surface area contributed by atoms with E-state index in [-0.39, 0.29) is 5.92 Å². The van der Waals surface area contributed by atoms with Gasteiger partial charge in [0, 0.05) is 20.3 Å². The molecular formula is C12H24N2O4. The third kappa shape index (κ3) is 8.81. The fraction of sp³-hybridized carbons (Fsp3) is 0.833. The molecule has 0 radical (unpaired) electrons. The second kappa shape index (κ2) is 9.70. The normalized spacial score (nSPS) is 12.2. The molecule has 106 valence electrons. The van der Waals surface area contributed by atoms with E-state index in [1.54, 1.807) is 7.11 Å². The Hall–Kier alpha value is -1.30. The Balaban J connectivity index is 3.85. The molecular weight excluding hydrogens is 236 g/mol. The number of hydrogen-bond acceptors (Lipinski definition) is 3. The average Bonchev–Trinajstić information content (AvgIpc) is 2.27. The molecule has 6 nitrogen and oxygen atoms in total. The van der Waals surface area contributed by atoms with E-state index in [0.29, 0.717) is 19.6 Å². The molecule has 0 aromatic carbocycles. The van der Waals surface area contributed by atoms with Gasteiger partial charge in [0.1, 0.15) is 6.04 Å². The number of hydrogen-bond donors (Lipinski definition) is 3. The van der Waals surface area contributed by atoms with Crippen LogP contribution in [0.5, 0.6) is 0 Å². The number of unbranched alkanes of at least 4 members (excludes halogenated alkanes) is 1. The highest BCUT2D eigenvalue weighted by Crippen LogP contribution is 2.04. The van der Waals surface area contributed by atoms with E-state index in [2.05, 4.69) is 10.6 Å². The highest BCUT2D eigenvalue weighted by Gasteiger charge is 2.20. The summed E-state index contributed by atoms with van der Waals surface area (Å²) in [5.74, 6) is -0.786. The van der Waals surface area contributed by atoms with Gasteiger partial charge in [0.15, 0.2) is 0 Å². The molecule has 0 rings (SSSR count). The third-order valence-electron chi connectivity index (χ3n) is 2.37. The van der Waals surface area contributed by atoms with Crippen molar-refractivity contribution in [2.75, 3.05) is 20.3 Å². The van der Waals surface area contributed by atoms with Crippen molar-refractivity contribution in [3.8, 4) is 0 Å². The second-order valence-corrected chi connectivity index (χ2v) is 4.62. The number of nitrogens with one attached hydrogen (secondary N) is 2. The molecule has 0 aromatic heterocycles. The molecule has 0 aliphatic heterocycles. The largest absolute Gasteiger partial charge is 0.480 e. The molecule has 3 N–H and O–H groups in total. The Morgan fingerprint density at radius 2 is 1.94 bits per heavy atom. The highest BCUT2D eigenvalue weighted by molar-refractivity contribution is 5.82. The van der Waals surface area contributed by atoms with Crippen molar-refractivity contribution in [2.45, 2.75) is 39.2 Å². The molecule has 0 fully saturated rings. The van der Waals surface area contributed by atoms with Crippen LogP contribution in [0.4, 0.5) is 4.79 Å². The number of carboxylic acids is 1. The van der Waals surface area contributed by atoms with Crippen molar-refractivity contribution in [1.29, 1.82) is 0 Å². The maximum absolute atomic E-state index is 11.5. The first-order chi connectivity index (χ1) is 8.47. The first-order valence-corrected chi connectivity index (χ1v) is 6.23. The molecule has 0 aliphatic carbocycles. The van der Waals surface area contributed by atoms with Gasteiger partial charge in [-0.05, 0) is 25.2 Å². The van der Waals surface area contributed by atoms with Gasteiger partial charge in [-0.1, -0.05) is 13.8 Å². The van der Waals surface area contributed by atoms with Crippen LogP contribution in [0, 0.1) is 5.92 Å². The van der Waals surface area contributed by atoms with E-state index in [4.69, 9.17) is 9.84 Å². The van der Waals surface area contributed by atoms with E-state index >= 15 is 0 Å². The Labute approximate surface area is 108 Å². The van der Waals surface area contributed by atoms with Gasteiger partial charge in [-0.15, -0.1) is 0 Å². The standard InChI is InChI=1S/C12H24N2O4/c1-9(2)8-10(11(15)16)14-12(17)13-6-4-5-7-18-3/h9-10H,4-8H2,1-3H3,(H,15,16)(H2,13,14,17)/t10-/m1/s1. The van der Waals surface area contributed by atoms with Gasteiger partial charge < -0.3 is 20.5 Å². The van der Waals surface area contributed by atoms with Crippen LogP contribution in [-0.4, -0.2) is 43.4 Å². The fourth-order valence-electron chi connectivity index (χ4n) is 1.48. The van der Waals surface area contributed by atoms with Crippen molar-refractivity contribution in [3.63, 3.8) is 0 Å². The summed E-state index contributed by atoms with van der Waals surface area (Å²) in [6.45, 7) is 5.01. The molecule has 18 heavy (non-hydrogen) atoms. The highest BCUT2D eigenvalue weighted by atomic mass is 16.5. The number of ether oxygens (including phenoxy) is 1. The van der Waals surface area contributed by atoms with Crippen molar-refractivity contribution >= 4 is 12.0 Å². The van der Waals surface area contributed by atoms with Crippen LogP contribution in [0.15, 0.2) is 0 Å². The van der Waals surface area contributed by atoms with Crippen LogP contribution in [0.2, 0.25) is 0 Å². The number of urea groups is 1. The summed E-state index contributed by atoms with van der Waals surface area (Å²) in [7, 11) is 1.63. The minimum atomic E-state index is -1.00. The molecule has 0 bridgehead atoms. The predicted molar refractivity (Wildman–Crippen MR) is 68.5 cm³/mol. The molecule has 1 atom stereocenters. The monoisotopic (exact) mass is 260 g/mol. The quantitative estimate of drug-likeness (QED) is 0.544. The molecule has 2 amide bonds. The van der Waals surface area contributed by atoms with Crippen LogP contribution in [0.25, 0.3) is 0 Å². The van der Waals surface area contributed by atoms with E-state index in [9.17, 15) is 9.59 Å². The summed E-state index contributed by atoms with van der Waals surface area (Å²) in [4.78, 5) is 22.4. The number of amides is 2. The molecule has 0 aromatic rings. The molecule has 0 spiro atoms. The SMILES string of the molecule is COCCCCNC(=O)N[C@H](CC(C)C)C(=O)O. The first-order valence-electron chi connectivity index (χ1n) is 6.23. The topological polar surface area (TPSA) is 87.7 Å². The maximum Gasteiger partial charge on any atom is 0.326 e. The lowest BCUT2D eigenvalue weighted by Crippen LogP contribution is -2.46. The lowest BCUT2D eigenvalue weighted by molar-refractivity contribution is -0.139. The third-order valence-corrected chi connectivity index (χ3v) is 2.37. The number of carboxylic acid groups (broad SMARTS) is 1. The summed E-state index contributed by atoms with van der Waals surface area (Å²) in [6, 6.07) is -1.26. The number of carbonyl (C=O) groups is 2. The Morgan fingerprint density at radius 3 is 2.44 bits per heavy atom. The summed E-state index contributed by atoms with van der Waals surface area (Å²) in [6.07, 6.45) is 2.10. The Morgan fingerprint density at radius 1 is 1.28 bits per heavy atom. The molecule has 0 aliphatic rings. The minimum Gasteiger partial charge on any atom is -0.480 e. The molecule has 0 heterocycles. The zero-order chi connectivity index (χ0) is 14.0. The van der Waals surface area contributed by atoms with Crippen LogP contribution >= 0.6 is 0 Å². The van der Waals surface area contributed by atoms with Gasteiger partial charge >= 0.3 is 12.0 Å². The van der Waals surface area contributed by atoms with Gasteiger partial charge in [-0.2, -0.15) is 0 Å². The maximum atomic E-state index is 11.5. The Bertz CT molecular complexity index is 256. The second-order valence-electron chi connectivity index (χ2n) is 4.62. The predicted octanol–water partition coefficient (Wildman–Crippen LogP) is 1.21. The van der Waals surface area contributed by atoms with Crippen molar-refractivity contribution in [2.24, 2.45) is 5.92 Å². The van der Waals surface area contributed by atoms with Gasteiger partial charge in [0.2, 0.25) is 0 Å². The summed E-state index contributed by atoms with van der Waals surface area (Å²) < 4.78 is 4.88. The van der Waals surface area contributed by atoms with Gasteiger partial charge in [0.05, 0.1) is 0 Å². The number of aliphatic carboxylic acids is 1. The zero-order valence-electron chi connectivity index (χ0n) is 11.4. The van der Waals surface area contributed by atoms with Crippen LogP contribution in [0.1, 0.15) is 33.1 Å². The van der Waals surface area contributed by atoms with Crippen LogP contribution in [0.3, 0.4) is 0 Å². The first kappa shape index (κ1) is 16.7. The van der Waals surface area contributed by atoms with Crippen molar-refractivity contribution in [1.82, 2.24) is 10.6 Å². The minimum absolute atomic E-state index is 0.216. The summed E-state index contributed by atoms with van der Waals surface area (Å²) in [5.41, 5.74) is 0. The number of carbonyl (C=O) groups excluding carboxylic acids is 1. The van der Waals surface area contributed by atoms with Gasteiger partial charge in [-0.3, -0.25) is 0 Å². The van der Waals surface area contributed by atoms with E-state index in [1.807, 2.05) is 13.8 Å². The van der Waals surface area contributed by atoms with Crippen molar-refractivity contribution < 1.29 is 19.4 Å². The van der Waals surface area contributed by atoms with E-state index in [1.165, 1.54) is 0 Å². The molecule has 0 saturated heterocycles. The van der Waals surface area contributed by atoms with Crippen LogP contribution < -0.4 is 10.6 Å². The average molecular weight is 260 g/mol. The summed E-state index contributed by atoms with van der Waals surface area (Å²) in [5, 5.41) is 14.0. The Kier molecular flexibility index (Phi) is 9.00. The lowest BCUT2D eigenvalue weighted by Gasteiger charge is -2.16. The molecule has 6 heteroatoms. The smallest absolute Gasteiger partial charge is 0.326 e. The van der Waals surface area contributed by atoms with Gasteiger partial charge in [0.25, 0.3) is 0 Å².